The average molecular weight is 1110 g/mol. The van der Waals surface area contributed by atoms with Gasteiger partial charge in [-0.3, -0.25) is 14.2 Å². The minimum absolute atomic E-state index is 0.0279. The van der Waals surface area contributed by atoms with Gasteiger partial charge in [0.05, 0.1) is 27.7 Å². The number of carbonyl (C=O) groups is 2. The summed E-state index contributed by atoms with van der Waals surface area (Å²) in [4.78, 5) is 37.9. The molecule has 0 saturated carbocycles. The molecular weight excluding hydrogens is 978 g/mol. The maximum absolute atomic E-state index is 12.8. The van der Waals surface area contributed by atoms with E-state index >= 15 is 0 Å². The summed E-state index contributed by atoms with van der Waals surface area (Å²) in [5, 5.41) is 0. The van der Waals surface area contributed by atoms with Crippen LogP contribution in [0.4, 0.5) is 0 Å². The van der Waals surface area contributed by atoms with Crippen molar-refractivity contribution in [1.82, 2.24) is 0 Å². The predicted molar refractivity (Wildman–Crippen MR) is 328 cm³/mol. The van der Waals surface area contributed by atoms with E-state index in [1.165, 1.54) is 276 Å². The quantitative estimate of drug-likeness (QED) is 0.0195. The molecule has 2 unspecified atom stereocenters. The molecule has 0 fully saturated rings. The largest absolute Gasteiger partial charge is 0.756 e. The van der Waals surface area contributed by atoms with Gasteiger partial charge in [-0.1, -0.05) is 315 Å². The molecule has 458 valence electrons. The van der Waals surface area contributed by atoms with E-state index < -0.39 is 26.5 Å². The number of unbranched alkanes of at least 4 members (excludes halogenated alkanes) is 48. The van der Waals surface area contributed by atoms with Crippen LogP contribution in [0.1, 0.15) is 354 Å². The lowest BCUT2D eigenvalue weighted by Crippen LogP contribution is -2.37. The molecule has 0 saturated heterocycles. The summed E-state index contributed by atoms with van der Waals surface area (Å²) in [5.74, 6) is -0.817. The monoisotopic (exact) mass is 1110 g/mol. The number of quaternary nitrogens is 1. The molecule has 0 aliphatic carbocycles. The molecule has 0 aromatic carbocycles. The van der Waals surface area contributed by atoms with Crippen LogP contribution in [0.5, 0.6) is 0 Å². The second-order valence-corrected chi connectivity index (χ2v) is 26.0. The van der Waals surface area contributed by atoms with E-state index in [0.29, 0.717) is 17.4 Å². The van der Waals surface area contributed by atoms with Gasteiger partial charge >= 0.3 is 11.9 Å². The molecule has 0 amide bonds. The van der Waals surface area contributed by atoms with Crippen molar-refractivity contribution in [3.05, 3.63) is 12.2 Å². The van der Waals surface area contributed by atoms with Crippen LogP contribution in [-0.2, 0) is 32.7 Å². The molecule has 0 aliphatic rings. The minimum atomic E-state index is -4.63. The number of rotatable bonds is 64. The fraction of sp³-hybridized carbons (Fsp3) is 0.940. The average Bonchev–Trinajstić information content (AvgIpc) is 3.39. The van der Waals surface area contributed by atoms with Crippen molar-refractivity contribution >= 4 is 19.8 Å². The third-order valence-electron chi connectivity index (χ3n) is 15.5. The van der Waals surface area contributed by atoms with E-state index in [-0.39, 0.29) is 32.0 Å². The van der Waals surface area contributed by atoms with E-state index in [9.17, 15) is 19.0 Å². The van der Waals surface area contributed by atoms with Crippen LogP contribution >= 0.6 is 7.82 Å². The normalized spacial score (nSPS) is 13.2. The Kier molecular flexibility index (Phi) is 58.4. The molecule has 9 nitrogen and oxygen atoms in total. The highest BCUT2D eigenvalue weighted by Gasteiger charge is 2.22. The Bertz CT molecular complexity index is 1300. The summed E-state index contributed by atoms with van der Waals surface area (Å²) in [6, 6.07) is 0. The first-order valence-electron chi connectivity index (χ1n) is 33.9. The summed E-state index contributed by atoms with van der Waals surface area (Å²) in [7, 11) is 1.18. The summed E-state index contributed by atoms with van der Waals surface area (Å²) in [5.41, 5.74) is 0. The lowest BCUT2D eigenvalue weighted by molar-refractivity contribution is -0.870. The highest BCUT2D eigenvalue weighted by atomic mass is 31.2. The van der Waals surface area contributed by atoms with Crippen molar-refractivity contribution in [1.29, 1.82) is 0 Å². The molecule has 0 N–H and O–H groups in total. The van der Waals surface area contributed by atoms with Crippen molar-refractivity contribution in [3.63, 3.8) is 0 Å². The molecule has 0 rings (SSSR count). The third kappa shape index (κ3) is 63.8. The molecule has 0 aromatic rings. The minimum Gasteiger partial charge on any atom is -0.756 e. The molecule has 2 atom stereocenters. The van der Waals surface area contributed by atoms with Gasteiger partial charge in [-0.2, -0.15) is 0 Å². The zero-order valence-electron chi connectivity index (χ0n) is 52.2. The summed E-state index contributed by atoms with van der Waals surface area (Å²) >= 11 is 0. The lowest BCUT2D eigenvalue weighted by atomic mass is 10.0. The number of likely N-dealkylation sites (N-methyl/N-ethyl adjacent to an activating group) is 1. The van der Waals surface area contributed by atoms with Crippen LogP contribution in [0.15, 0.2) is 12.2 Å². The number of allylic oxidation sites excluding steroid dienone is 2. The van der Waals surface area contributed by atoms with Gasteiger partial charge in [0.1, 0.15) is 19.8 Å². The Hall–Kier alpha value is -1.25. The first-order valence-corrected chi connectivity index (χ1v) is 35.4. The Morgan fingerprint density at radius 3 is 0.961 bits per heavy atom. The number of ether oxygens (including phenoxy) is 2. The Morgan fingerprint density at radius 2 is 0.662 bits per heavy atom. The maximum atomic E-state index is 12.8. The van der Waals surface area contributed by atoms with Crippen LogP contribution < -0.4 is 4.89 Å². The molecule has 0 heterocycles. The zero-order valence-corrected chi connectivity index (χ0v) is 53.1. The van der Waals surface area contributed by atoms with E-state index in [1.807, 2.05) is 21.1 Å². The smallest absolute Gasteiger partial charge is 0.306 e. The Balaban J connectivity index is 3.91. The van der Waals surface area contributed by atoms with E-state index in [1.54, 1.807) is 0 Å². The second kappa shape index (κ2) is 59.4. The zero-order chi connectivity index (χ0) is 56.3. The number of carbonyl (C=O) groups excluding carboxylic acids is 2. The van der Waals surface area contributed by atoms with Crippen LogP contribution in [0.25, 0.3) is 0 Å². The topological polar surface area (TPSA) is 111 Å². The van der Waals surface area contributed by atoms with Crippen molar-refractivity contribution in [2.24, 2.45) is 0 Å². The summed E-state index contributed by atoms with van der Waals surface area (Å²) < 4.78 is 34.2. The molecule has 77 heavy (non-hydrogen) atoms. The standard InChI is InChI=1S/C67H132NO8P/c1-6-8-10-12-14-16-18-20-22-24-26-27-28-29-30-31-32-33-34-35-36-37-38-39-40-41-42-44-45-47-49-51-53-55-57-59-66(69)73-63-65(64-75-77(71,72)74-62-61-68(3,4)5)76-67(70)60-58-56-54-52-50-48-46-43-25-23-21-19-17-15-13-11-9-7-2/h23,25,65H,6-22,24,26-64H2,1-5H3/b25-23-. The van der Waals surface area contributed by atoms with Gasteiger partial charge < -0.3 is 27.9 Å². The van der Waals surface area contributed by atoms with E-state index in [2.05, 4.69) is 26.0 Å². The fourth-order valence-corrected chi connectivity index (χ4v) is 11.0. The third-order valence-corrected chi connectivity index (χ3v) is 16.5. The predicted octanol–water partition coefficient (Wildman–Crippen LogP) is 20.9. The summed E-state index contributed by atoms with van der Waals surface area (Å²) in [6.45, 7) is 4.30. The number of phosphoric acid groups is 1. The number of esters is 2. The first kappa shape index (κ1) is 75.8. The van der Waals surface area contributed by atoms with E-state index in [4.69, 9.17) is 18.5 Å². The Labute approximate surface area is 479 Å². The second-order valence-electron chi connectivity index (χ2n) is 24.6. The number of phosphoric ester groups is 1. The van der Waals surface area contributed by atoms with Crippen LogP contribution in [-0.4, -0.2) is 70.0 Å². The molecule has 0 bridgehead atoms. The maximum Gasteiger partial charge on any atom is 0.306 e. The number of hydrogen-bond acceptors (Lipinski definition) is 8. The highest BCUT2D eigenvalue weighted by molar-refractivity contribution is 7.45. The lowest BCUT2D eigenvalue weighted by Gasteiger charge is -2.28. The van der Waals surface area contributed by atoms with Gasteiger partial charge in [0.2, 0.25) is 0 Å². The van der Waals surface area contributed by atoms with Gasteiger partial charge in [-0.15, -0.1) is 0 Å². The molecule has 0 aliphatic heterocycles. The molecular formula is C67H132NO8P. The van der Waals surface area contributed by atoms with Gasteiger partial charge in [0.15, 0.2) is 6.10 Å². The van der Waals surface area contributed by atoms with Gasteiger partial charge in [0.25, 0.3) is 7.82 Å². The van der Waals surface area contributed by atoms with Gasteiger partial charge in [-0.05, 0) is 38.5 Å². The van der Waals surface area contributed by atoms with Crippen LogP contribution in [0.3, 0.4) is 0 Å². The van der Waals surface area contributed by atoms with Crippen molar-refractivity contribution in [3.8, 4) is 0 Å². The highest BCUT2D eigenvalue weighted by Crippen LogP contribution is 2.38. The van der Waals surface area contributed by atoms with Gasteiger partial charge in [-0.25, -0.2) is 0 Å². The van der Waals surface area contributed by atoms with Crippen molar-refractivity contribution in [2.45, 2.75) is 360 Å². The molecule has 0 spiro atoms. The van der Waals surface area contributed by atoms with E-state index in [0.717, 1.165) is 44.9 Å². The SMILES string of the molecule is CCCCCCCCC/C=C\CCCCCCCCCC(=O)OC(COC(=O)CCCCCCCCCCCCCCCCCCCCCCCCCCCCCCCCCCCCC)COP(=O)([O-])OCC[N+](C)(C)C. The summed E-state index contributed by atoms with van der Waals surface area (Å²) in [6.07, 6.45) is 71.6. The first-order chi connectivity index (χ1) is 37.5. The fourth-order valence-electron chi connectivity index (χ4n) is 10.3. The van der Waals surface area contributed by atoms with Gasteiger partial charge in [0, 0.05) is 12.8 Å². The molecule has 10 heteroatoms. The van der Waals surface area contributed by atoms with Crippen molar-refractivity contribution in [2.75, 3.05) is 47.5 Å². The van der Waals surface area contributed by atoms with Crippen LogP contribution in [0.2, 0.25) is 0 Å². The number of nitrogens with zero attached hydrogens (tertiary/aromatic N) is 1. The Morgan fingerprint density at radius 1 is 0.390 bits per heavy atom. The molecule has 0 aromatic heterocycles. The van der Waals surface area contributed by atoms with Crippen molar-refractivity contribution < 1.29 is 42.1 Å². The van der Waals surface area contributed by atoms with Crippen LogP contribution in [0, 0.1) is 0 Å². The molecule has 0 radical (unpaired) electrons. The number of hydrogen-bond donors (Lipinski definition) is 0.